The maximum Gasteiger partial charge on any atom is 0.335 e. The van der Waals surface area contributed by atoms with Crippen molar-refractivity contribution in [3.63, 3.8) is 0 Å². The zero-order chi connectivity index (χ0) is 14.7. The molecule has 100 valence electrons. The quantitative estimate of drug-likeness (QED) is 0.742. The fraction of sp³-hybridized carbons (Fsp3) is 0.0667. The number of hydrogen-bond donors (Lipinski definition) is 3. The number of nitrogens with two attached hydrogens (primary N) is 1. The van der Waals surface area contributed by atoms with E-state index in [-0.39, 0.29) is 5.56 Å². The second kappa shape index (κ2) is 5.33. The van der Waals surface area contributed by atoms with E-state index in [4.69, 9.17) is 10.8 Å². The third kappa shape index (κ3) is 2.54. The Kier molecular flexibility index (Phi) is 3.58. The Bertz CT molecular complexity index is 718. The number of carboxylic acids is 1. The molecule has 2 aromatic rings. The molecule has 0 aliphatic heterocycles. The number of hydrogen-bond acceptors (Lipinski definition) is 4. The Hall–Kier alpha value is -3.00. The first-order valence-corrected chi connectivity index (χ1v) is 5.92. The van der Waals surface area contributed by atoms with Gasteiger partial charge in [-0.2, -0.15) is 5.26 Å². The molecule has 0 saturated carbocycles. The second-order valence-corrected chi connectivity index (χ2v) is 4.34. The normalized spacial score (nSPS) is 9.80. The average molecular weight is 267 g/mol. The summed E-state index contributed by atoms with van der Waals surface area (Å²) in [5, 5.41) is 21.2. The molecular weight excluding hydrogens is 254 g/mol. The summed E-state index contributed by atoms with van der Waals surface area (Å²) in [5.41, 5.74) is 8.79. The first-order chi connectivity index (χ1) is 9.52. The van der Waals surface area contributed by atoms with Gasteiger partial charge in [0.1, 0.15) is 6.07 Å². The molecule has 0 aliphatic rings. The van der Waals surface area contributed by atoms with Gasteiger partial charge in [-0.25, -0.2) is 4.79 Å². The Balaban J connectivity index is 2.45. The van der Waals surface area contributed by atoms with Crippen molar-refractivity contribution in [3.05, 3.63) is 53.1 Å². The Morgan fingerprint density at radius 1 is 1.30 bits per heavy atom. The van der Waals surface area contributed by atoms with Crippen LogP contribution in [0.5, 0.6) is 0 Å². The standard InChI is InChI=1S/C15H13N3O2/c1-9-3-2-4-13(11(9)8-16)18-14-7-10(15(19)20)5-6-12(14)17/h2-7,18H,17H2,1H3,(H,19,20). The van der Waals surface area contributed by atoms with Crippen LogP contribution in [0.1, 0.15) is 21.5 Å². The molecule has 0 aromatic heterocycles. The van der Waals surface area contributed by atoms with E-state index >= 15 is 0 Å². The molecule has 0 heterocycles. The van der Waals surface area contributed by atoms with Crippen molar-refractivity contribution >= 4 is 23.0 Å². The largest absolute Gasteiger partial charge is 0.478 e. The Morgan fingerprint density at radius 3 is 2.70 bits per heavy atom. The highest BCUT2D eigenvalue weighted by molar-refractivity contribution is 5.91. The lowest BCUT2D eigenvalue weighted by Gasteiger charge is -2.12. The summed E-state index contributed by atoms with van der Waals surface area (Å²) in [5.74, 6) is -1.03. The number of benzene rings is 2. The molecule has 2 rings (SSSR count). The van der Waals surface area contributed by atoms with Crippen molar-refractivity contribution in [2.75, 3.05) is 11.1 Å². The molecule has 20 heavy (non-hydrogen) atoms. The molecule has 4 N–H and O–H groups in total. The second-order valence-electron chi connectivity index (χ2n) is 4.34. The molecule has 2 aromatic carbocycles. The summed E-state index contributed by atoms with van der Waals surface area (Å²) in [7, 11) is 0. The predicted molar refractivity (Wildman–Crippen MR) is 77.0 cm³/mol. The predicted octanol–water partition coefficient (Wildman–Crippen LogP) is 2.89. The van der Waals surface area contributed by atoms with Crippen molar-refractivity contribution in [2.24, 2.45) is 0 Å². The minimum absolute atomic E-state index is 0.132. The van der Waals surface area contributed by atoms with Crippen LogP contribution >= 0.6 is 0 Å². The Morgan fingerprint density at radius 2 is 2.05 bits per heavy atom. The van der Waals surface area contributed by atoms with E-state index in [2.05, 4.69) is 11.4 Å². The minimum atomic E-state index is -1.03. The van der Waals surface area contributed by atoms with E-state index < -0.39 is 5.97 Å². The van der Waals surface area contributed by atoms with Crippen molar-refractivity contribution in [1.82, 2.24) is 0 Å². The van der Waals surface area contributed by atoms with Crippen LogP contribution in [0.25, 0.3) is 0 Å². The lowest BCUT2D eigenvalue weighted by molar-refractivity contribution is 0.0697. The number of rotatable bonds is 3. The third-order valence-electron chi connectivity index (χ3n) is 2.95. The molecule has 5 heteroatoms. The SMILES string of the molecule is Cc1cccc(Nc2cc(C(=O)O)ccc2N)c1C#N. The fourth-order valence-electron chi connectivity index (χ4n) is 1.86. The van der Waals surface area contributed by atoms with Gasteiger partial charge in [0.2, 0.25) is 0 Å². The number of nitriles is 1. The van der Waals surface area contributed by atoms with E-state index in [1.54, 1.807) is 6.07 Å². The molecule has 0 amide bonds. The maximum absolute atomic E-state index is 11.0. The van der Waals surface area contributed by atoms with Gasteiger partial charge < -0.3 is 16.2 Å². The number of nitrogens with zero attached hydrogens (tertiary/aromatic N) is 1. The number of aromatic carboxylic acids is 1. The number of nitrogen functional groups attached to an aromatic ring is 1. The van der Waals surface area contributed by atoms with Gasteiger partial charge >= 0.3 is 5.97 Å². The van der Waals surface area contributed by atoms with Gasteiger partial charge in [-0.3, -0.25) is 0 Å². The van der Waals surface area contributed by atoms with Gasteiger partial charge in [0.05, 0.1) is 28.2 Å². The highest BCUT2D eigenvalue weighted by Crippen LogP contribution is 2.27. The zero-order valence-electron chi connectivity index (χ0n) is 10.8. The molecule has 0 spiro atoms. The van der Waals surface area contributed by atoms with Crippen LogP contribution in [-0.4, -0.2) is 11.1 Å². The summed E-state index contributed by atoms with van der Waals surface area (Å²) in [6.45, 7) is 1.83. The van der Waals surface area contributed by atoms with Crippen molar-refractivity contribution in [2.45, 2.75) is 6.92 Å². The van der Waals surface area contributed by atoms with Crippen LogP contribution in [0.15, 0.2) is 36.4 Å². The molecule has 0 saturated heterocycles. The van der Waals surface area contributed by atoms with E-state index in [1.165, 1.54) is 18.2 Å². The van der Waals surface area contributed by atoms with Crippen molar-refractivity contribution < 1.29 is 9.90 Å². The molecular formula is C15H13N3O2. The zero-order valence-corrected chi connectivity index (χ0v) is 10.8. The van der Waals surface area contributed by atoms with E-state index in [9.17, 15) is 10.1 Å². The summed E-state index contributed by atoms with van der Waals surface area (Å²) in [6.07, 6.45) is 0. The smallest absolute Gasteiger partial charge is 0.335 e. The molecule has 5 nitrogen and oxygen atoms in total. The number of aryl methyl sites for hydroxylation is 1. The molecule has 0 fully saturated rings. The summed E-state index contributed by atoms with van der Waals surface area (Å²) < 4.78 is 0. The van der Waals surface area contributed by atoms with Gasteiger partial charge in [0, 0.05) is 0 Å². The molecule has 0 atom stereocenters. The van der Waals surface area contributed by atoms with E-state index in [1.807, 2.05) is 19.1 Å². The van der Waals surface area contributed by atoms with Crippen LogP contribution < -0.4 is 11.1 Å². The van der Waals surface area contributed by atoms with Gasteiger partial charge in [0.15, 0.2) is 0 Å². The maximum atomic E-state index is 11.0. The van der Waals surface area contributed by atoms with Crippen LogP contribution in [0, 0.1) is 18.3 Å². The van der Waals surface area contributed by atoms with Crippen LogP contribution in [0.4, 0.5) is 17.1 Å². The van der Waals surface area contributed by atoms with Gasteiger partial charge in [-0.1, -0.05) is 12.1 Å². The number of nitrogens with one attached hydrogen (secondary N) is 1. The lowest BCUT2D eigenvalue weighted by atomic mass is 10.1. The summed E-state index contributed by atoms with van der Waals surface area (Å²) >= 11 is 0. The van der Waals surface area contributed by atoms with Gasteiger partial charge in [0.25, 0.3) is 0 Å². The fourth-order valence-corrected chi connectivity index (χ4v) is 1.86. The lowest BCUT2D eigenvalue weighted by Crippen LogP contribution is -2.02. The third-order valence-corrected chi connectivity index (χ3v) is 2.95. The first-order valence-electron chi connectivity index (χ1n) is 5.92. The van der Waals surface area contributed by atoms with Crippen molar-refractivity contribution in [1.29, 1.82) is 5.26 Å². The van der Waals surface area contributed by atoms with Crippen LogP contribution in [-0.2, 0) is 0 Å². The topological polar surface area (TPSA) is 99.1 Å². The molecule has 0 unspecified atom stereocenters. The minimum Gasteiger partial charge on any atom is -0.478 e. The molecule has 0 radical (unpaired) electrons. The average Bonchev–Trinajstić information content (AvgIpc) is 2.41. The molecule has 0 bridgehead atoms. The summed E-state index contributed by atoms with van der Waals surface area (Å²) in [4.78, 5) is 11.0. The monoisotopic (exact) mass is 267 g/mol. The van der Waals surface area contributed by atoms with E-state index in [0.29, 0.717) is 22.6 Å². The van der Waals surface area contributed by atoms with Crippen LogP contribution in [0.2, 0.25) is 0 Å². The highest BCUT2D eigenvalue weighted by Gasteiger charge is 2.10. The highest BCUT2D eigenvalue weighted by atomic mass is 16.4. The molecule has 0 aliphatic carbocycles. The van der Waals surface area contributed by atoms with E-state index in [0.717, 1.165) is 5.56 Å². The summed E-state index contributed by atoms with van der Waals surface area (Å²) in [6, 6.07) is 11.9. The van der Waals surface area contributed by atoms with Gasteiger partial charge in [-0.05, 0) is 36.8 Å². The number of carbonyl (C=O) groups is 1. The Labute approximate surface area is 116 Å². The van der Waals surface area contributed by atoms with Crippen molar-refractivity contribution in [3.8, 4) is 6.07 Å². The number of carboxylic acid groups (broad SMARTS) is 1. The van der Waals surface area contributed by atoms with Crippen LogP contribution in [0.3, 0.4) is 0 Å². The van der Waals surface area contributed by atoms with Gasteiger partial charge in [-0.15, -0.1) is 0 Å². The first kappa shape index (κ1) is 13.4. The number of anilines is 3.